The number of amides is 1. The van der Waals surface area contributed by atoms with E-state index in [2.05, 4.69) is 15.0 Å². The predicted octanol–water partition coefficient (Wildman–Crippen LogP) is 2.59. The molecule has 0 unspecified atom stereocenters. The molecule has 0 aliphatic carbocycles. The highest BCUT2D eigenvalue weighted by atomic mass is 19.4. The highest BCUT2D eigenvalue weighted by molar-refractivity contribution is 5.83. The van der Waals surface area contributed by atoms with Crippen LogP contribution in [0.3, 0.4) is 0 Å². The molecule has 1 aromatic carbocycles. The Morgan fingerprint density at radius 1 is 1.16 bits per heavy atom. The van der Waals surface area contributed by atoms with Gasteiger partial charge in [0.15, 0.2) is 5.82 Å². The molecule has 7 nitrogen and oxygen atoms in total. The molecule has 4 rings (SSSR count). The molecule has 0 bridgehead atoms. The summed E-state index contributed by atoms with van der Waals surface area (Å²) in [6.45, 7) is 3.97. The number of likely N-dealkylation sites (N-methyl/N-ethyl adjacent to an activating group) is 1. The summed E-state index contributed by atoms with van der Waals surface area (Å²) in [5.41, 5.74) is 0.587. The third kappa shape index (κ3) is 4.29. The second kappa shape index (κ2) is 7.77. The van der Waals surface area contributed by atoms with Crippen LogP contribution >= 0.6 is 0 Å². The lowest BCUT2D eigenvalue weighted by molar-refractivity contribution is -0.137. The summed E-state index contributed by atoms with van der Waals surface area (Å²) in [7, 11) is 1.77. The number of fused-ring (bicyclic) bond motifs is 1. The highest BCUT2D eigenvalue weighted by Crippen LogP contribution is 2.30. The van der Waals surface area contributed by atoms with Crippen molar-refractivity contribution >= 4 is 16.8 Å². The maximum Gasteiger partial charge on any atom is 0.416 e. The molecule has 10 heteroatoms. The van der Waals surface area contributed by atoms with E-state index >= 15 is 0 Å². The lowest BCUT2D eigenvalue weighted by Gasteiger charge is -2.32. The van der Waals surface area contributed by atoms with Crippen molar-refractivity contribution in [2.24, 2.45) is 0 Å². The first kappa shape index (κ1) is 21.0. The third-order valence-corrected chi connectivity index (χ3v) is 5.33. The zero-order valence-corrected chi connectivity index (χ0v) is 17.0. The fourth-order valence-electron chi connectivity index (χ4n) is 3.64. The van der Waals surface area contributed by atoms with Crippen molar-refractivity contribution in [1.29, 1.82) is 0 Å². The van der Waals surface area contributed by atoms with Gasteiger partial charge < -0.3 is 9.88 Å². The number of halogens is 3. The fourth-order valence-corrected chi connectivity index (χ4v) is 3.64. The van der Waals surface area contributed by atoms with E-state index in [1.54, 1.807) is 24.9 Å². The van der Waals surface area contributed by atoms with Crippen LogP contribution in [0.15, 0.2) is 35.3 Å². The Morgan fingerprint density at radius 2 is 1.94 bits per heavy atom. The van der Waals surface area contributed by atoms with Crippen LogP contribution in [0.5, 0.6) is 0 Å². The first-order chi connectivity index (χ1) is 14.6. The number of alkyl halides is 3. The lowest BCUT2D eigenvalue weighted by Crippen LogP contribution is -2.47. The Kier molecular flexibility index (Phi) is 5.26. The van der Waals surface area contributed by atoms with Crippen LogP contribution in [0.25, 0.3) is 22.4 Å². The second-order valence-electron chi connectivity index (χ2n) is 7.68. The zero-order chi connectivity index (χ0) is 22.3. The van der Waals surface area contributed by atoms with Gasteiger partial charge in [0.25, 0.3) is 5.56 Å². The number of H-pyrrole nitrogens is 1. The number of piperazine rings is 1. The van der Waals surface area contributed by atoms with Gasteiger partial charge >= 0.3 is 6.18 Å². The summed E-state index contributed by atoms with van der Waals surface area (Å²) >= 11 is 0. The average Bonchev–Trinajstić information content (AvgIpc) is 2.71. The van der Waals surface area contributed by atoms with Gasteiger partial charge in [0, 0.05) is 32.9 Å². The van der Waals surface area contributed by atoms with Crippen molar-refractivity contribution in [2.45, 2.75) is 19.6 Å². The number of benzene rings is 1. The molecular weight excluding hydrogens is 411 g/mol. The number of aromatic nitrogens is 3. The van der Waals surface area contributed by atoms with Gasteiger partial charge in [0.2, 0.25) is 5.91 Å². The average molecular weight is 431 g/mol. The number of hydrogen-bond donors (Lipinski definition) is 1. The largest absolute Gasteiger partial charge is 0.416 e. The first-order valence-electron chi connectivity index (χ1n) is 9.65. The van der Waals surface area contributed by atoms with Gasteiger partial charge in [-0.25, -0.2) is 4.98 Å². The van der Waals surface area contributed by atoms with Crippen LogP contribution in [0.2, 0.25) is 0 Å². The normalized spacial score (nSPS) is 15.6. The van der Waals surface area contributed by atoms with Gasteiger partial charge in [0.1, 0.15) is 5.69 Å². The second-order valence-corrected chi connectivity index (χ2v) is 7.68. The van der Waals surface area contributed by atoms with E-state index in [0.717, 1.165) is 30.4 Å². The molecular formula is C21H20F3N5O2. The van der Waals surface area contributed by atoms with E-state index < -0.39 is 17.3 Å². The lowest BCUT2D eigenvalue weighted by atomic mass is 10.1. The number of nitrogens with one attached hydrogen (secondary N) is 1. The van der Waals surface area contributed by atoms with Crippen molar-refractivity contribution in [2.75, 3.05) is 26.7 Å². The first-order valence-corrected chi connectivity index (χ1v) is 9.65. The van der Waals surface area contributed by atoms with Gasteiger partial charge in [-0.05, 0) is 36.2 Å². The van der Waals surface area contributed by atoms with E-state index in [0.29, 0.717) is 36.1 Å². The molecule has 3 aromatic rings. The fraction of sp³-hybridized carbons (Fsp3) is 0.333. The van der Waals surface area contributed by atoms with Crippen molar-refractivity contribution in [1.82, 2.24) is 24.8 Å². The molecule has 3 heterocycles. The van der Waals surface area contributed by atoms with Gasteiger partial charge in [-0.3, -0.25) is 19.5 Å². The molecule has 0 radical (unpaired) electrons. The van der Waals surface area contributed by atoms with E-state index in [-0.39, 0.29) is 17.4 Å². The van der Waals surface area contributed by atoms with Crippen molar-refractivity contribution < 1.29 is 18.0 Å². The molecule has 0 saturated carbocycles. The number of pyridine rings is 1. The Bertz CT molecular complexity index is 1220. The summed E-state index contributed by atoms with van der Waals surface area (Å²) < 4.78 is 39.0. The van der Waals surface area contributed by atoms with Crippen molar-refractivity contribution in [3.8, 4) is 11.5 Å². The smallest absolute Gasteiger partial charge is 0.343 e. The van der Waals surface area contributed by atoms with Gasteiger partial charge in [-0.2, -0.15) is 13.2 Å². The Morgan fingerprint density at radius 3 is 2.65 bits per heavy atom. The number of carbonyl (C=O) groups excluding carboxylic acids is 1. The number of nitrogens with zero attached hydrogens (tertiary/aromatic N) is 4. The predicted molar refractivity (Wildman–Crippen MR) is 108 cm³/mol. The number of aryl methyl sites for hydroxylation is 1. The number of rotatable bonds is 3. The zero-order valence-electron chi connectivity index (χ0n) is 17.0. The quantitative estimate of drug-likeness (QED) is 0.690. The number of carbonyl (C=O) groups is 1. The standard InChI is InChI=1S/C21H20F3N5O2/c1-12-7-13(10-29-6-5-28(2)17(30)11-29)8-15-18(12)26-19(27-20(15)31)16-9-14(3-4-25-16)21(22,23)24/h3-4,7-9H,5-6,10-11H2,1-2H3,(H,26,27,31). The van der Waals surface area contributed by atoms with Crippen LogP contribution in [-0.2, 0) is 17.5 Å². The van der Waals surface area contributed by atoms with Crippen LogP contribution < -0.4 is 5.56 Å². The molecule has 1 aliphatic heterocycles. The van der Waals surface area contributed by atoms with Crippen LogP contribution in [0, 0.1) is 6.92 Å². The molecule has 1 saturated heterocycles. The molecule has 31 heavy (non-hydrogen) atoms. The Balaban J connectivity index is 1.69. The maximum atomic E-state index is 13.0. The Hall–Kier alpha value is -3.27. The van der Waals surface area contributed by atoms with Gasteiger partial charge in [0.05, 0.1) is 23.0 Å². The number of aromatic amines is 1. The third-order valence-electron chi connectivity index (χ3n) is 5.33. The minimum atomic E-state index is -4.52. The van der Waals surface area contributed by atoms with Crippen LogP contribution in [-0.4, -0.2) is 57.3 Å². The molecule has 0 spiro atoms. The summed E-state index contributed by atoms with van der Waals surface area (Å²) in [6, 6.07) is 5.31. The summed E-state index contributed by atoms with van der Waals surface area (Å²) in [5, 5.41) is 0.339. The summed E-state index contributed by atoms with van der Waals surface area (Å²) in [5.74, 6) is 0.0191. The molecule has 1 amide bonds. The van der Waals surface area contributed by atoms with Crippen molar-refractivity contribution in [3.63, 3.8) is 0 Å². The van der Waals surface area contributed by atoms with Crippen LogP contribution in [0.1, 0.15) is 16.7 Å². The van der Waals surface area contributed by atoms with Gasteiger partial charge in [-0.1, -0.05) is 6.07 Å². The van der Waals surface area contributed by atoms with E-state index in [1.807, 2.05) is 11.0 Å². The summed E-state index contributed by atoms with van der Waals surface area (Å²) in [6.07, 6.45) is -3.49. The maximum absolute atomic E-state index is 13.0. The van der Waals surface area contributed by atoms with Crippen LogP contribution in [0.4, 0.5) is 13.2 Å². The minimum Gasteiger partial charge on any atom is -0.343 e. The van der Waals surface area contributed by atoms with Gasteiger partial charge in [-0.15, -0.1) is 0 Å². The van der Waals surface area contributed by atoms with Crippen molar-refractivity contribution in [3.05, 3.63) is 57.5 Å². The monoisotopic (exact) mass is 431 g/mol. The minimum absolute atomic E-state index is 0.0240. The summed E-state index contributed by atoms with van der Waals surface area (Å²) in [4.78, 5) is 39.2. The topological polar surface area (TPSA) is 82.2 Å². The number of hydrogen-bond acceptors (Lipinski definition) is 5. The van der Waals surface area contributed by atoms with E-state index in [1.165, 1.54) is 0 Å². The molecule has 2 aromatic heterocycles. The molecule has 162 valence electrons. The molecule has 1 N–H and O–H groups in total. The highest BCUT2D eigenvalue weighted by Gasteiger charge is 2.31. The van der Waals surface area contributed by atoms with E-state index in [4.69, 9.17) is 0 Å². The molecule has 1 aliphatic rings. The molecule has 0 atom stereocenters. The Labute approximate surface area is 175 Å². The van der Waals surface area contributed by atoms with E-state index in [9.17, 15) is 22.8 Å². The SMILES string of the molecule is Cc1cc(CN2CCN(C)C(=O)C2)cc2c(=O)[nH]c(-c3cc(C(F)(F)F)ccn3)nc12. The molecule has 1 fully saturated rings.